The Kier molecular flexibility index (Phi) is 3.73. The van der Waals surface area contributed by atoms with Crippen molar-refractivity contribution in [2.75, 3.05) is 26.3 Å². The molecule has 0 spiro atoms. The number of amides is 1. The van der Waals surface area contributed by atoms with E-state index in [1.165, 1.54) is 11.2 Å². The predicted molar refractivity (Wildman–Crippen MR) is 53.4 cm³/mol. The lowest BCUT2D eigenvalue weighted by Gasteiger charge is -2.16. The second-order valence-electron chi connectivity index (χ2n) is 3.14. The van der Waals surface area contributed by atoms with Gasteiger partial charge in [-0.25, -0.2) is 5.84 Å². The molecule has 1 saturated heterocycles. The van der Waals surface area contributed by atoms with E-state index in [-0.39, 0.29) is 11.6 Å². The van der Waals surface area contributed by atoms with E-state index in [9.17, 15) is 4.79 Å². The molecule has 1 aliphatic rings. The molecule has 80 valence electrons. The third-order valence-electron chi connectivity index (χ3n) is 2.07. The standard InChI is InChI=1S/C8H17N5O/c1-2-13(10)5-7(9)8(14)12-4-3-11-6-12/h5,11H,2-4,6,9-10H2,1H3/b7-5-. The Morgan fingerprint density at radius 1 is 1.71 bits per heavy atom. The normalized spacial score (nSPS) is 17.3. The minimum atomic E-state index is -0.168. The largest absolute Gasteiger partial charge is 0.393 e. The fourth-order valence-corrected chi connectivity index (χ4v) is 1.19. The Bertz CT molecular complexity index is 234. The molecule has 0 aliphatic carbocycles. The molecule has 0 aromatic rings. The van der Waals surface area contributed by atoms with Crippen LogP contribution in [0.25, 0.3) is 0 Å². The lowest BCUT2D eigenvalue weighted by atomic mass is 10.4. The van der Waals surface area contributed by atoms with E-state index in [4.69, 9.17) is 11.6 Å². The lowest BCUT2D eigenvalue weighted by Crippen LogP contribution is -2.35. The van der Waals surface area contributed by atoms with E-state index < -0.39 is 0 Å². The number of rotatable bonds is 3. The van der Waals surface area contributed by atoms with Gasteiger partial charge in [-0.1, -0.05) is 0 Å². The fraction of sp³-hybridized carbons (Fsp3) is 0.625. The summed E-state index contributed by atoms with van der Waals surface area (Å²) in [6.45, 7) is 4.57. The lowest BCUT2D eigenvalue weighted by molar-refractivity contribution is -0.126. The van der Waals surface area contributed by atoms with Gasteiger partial charge in [0.2, 0.25) is 0 Å². The first-order chi connectivity index (χ1) is 6.65. The van der Waals surface area contributed by atoms with Crippen LogP contribution in [0.15, 0.2) is 11.9 Å². The van der Waals surface area contributed by atoms with Crippen LogP contribution >= 0.6 is 0 Å². The first-order valence-electron chi connectivity index (χ1n) is 4.63. The van der Waals surface area contributed by atoms with Gasteiger partial charge in [0.15, 0.2) is 0 Å². The van der Waals surface area contributed by atoms with E-state index >= 15 is 0 Å². The predicted octanol–water partition coefficient (Wildman–Crippen LogP) is -1.63. The molecule has 1 heterocycles. The van der Waals surface area contributed by atoms with E-state index in [1.54, 1.807) is 4.90 Å². The maximum Gasteiger partial charge on any atom is 0.272 e. The van der Waals surface area contributed by atoms with Crippen molar-refractivity contribution in [1.29, 1.82) is 0 Å². The van der Waals surface area contributed by atoms with Gasteiger partial charge in [-0.05, 0) is 6.92 Å². The molecular formula is C8H17N5O. The number of hydrogen-bond donors (Lipinski definition) is 3. The van der Waals surface area contributed by atoms with Crippen LogP contribution in [0.5, 0.6) is 0 Å². The summed E-state index contributed by atoms with van der Waals surface area (Å²) in [5.74, 6) is 5.33. The summed E-state index contributed by atoms with van der Waals surface area (Å²) in [4.78, 5) is 13.3. The second-order valence-corrected chi connectivity index (χ2v) is 3.14. The molecule has 0 atom stereocenters. The summed E-state index contributed by atoms with van der Waals surface area (Å²) in [6, 6.07) is 0. The maximum atomic E-state index is 11.6. The summed E-state index contributed by atoms with van der Waals surface area (Å²) in [7, 11) is 0. The minimum absolute atomic E-state index is 0.168. The fourth-order valence-electron chi connectivity index (χ4n) is 1.19. The van der Waals surface area contributed by atoms with E-state index in [0.29, 0.717) is 19.8 Å². The van der Waals surface area contributed by atoms with Crippen LogP contribution in [-0.4, -0.2) is 42.1 Å². The first-order valence-corrected chi connectivity index (χ1v) is 4.63. The first kappa shape index (κ1) is 10.8. The van der Waals surface area contributed by atoms with Crippen molar-refractivity contribution in [3.05, 3.63) is 11.9 Å². The van der Waals surface area contributed by atoms with E-state index in [1.807, 2.05) is 6.92 Å². The second kappa shape index (κ2) is 4.83. The topological polar surface area (TPSA) is 87.6 Å². The molecule has 0 saturated carbocycles. The number of nitrogens with zero attached hydrogens (tertiary/aromatic N) is 2. The summed E-state index contributed by atoms with van der Waals surface area (Å²) in [5.41, 5.74) is 5.77. The molecule has 14 heavy (non-hydrogen) atoms. The molecule has 5 N–H and O–H groups in total. The highest BCUT2D eigenvalue weighted by Gasteiger charge is 2.19. The van der Waals surface area contributed by atoms with Gasteiger partial charge in [0.1, 0.15) is 5.70 Å². The molecule has 1 aliphatic heterocycles. The zero-order chi connectivity index (χ0) is 10.6. The Balaban J connectivity index is 2.54. The van der Waals surface area contributed by atoms with Crippen LogP contribution in [0, 0.1) is 0 Å². The summed E-state index contributed by atoms with van der Waals surface area (Å²) in [5, 5.41) is 4.44. The third kappa shape index (κ3) is 2.61. The van der Waals surface area contributed by atoms with E-state index in [2.05, 4.69) is 5.32 Å². The SMILES string of the molecule is CCN(N)/C=C(\N)C(=O)N1CCNC1. The molecule has 1 rings (SSSR count). The van der Waals surface area contributed by atoms with Crippen molar-refractivity contribution in [1.82, 2.24) is 15.2 Å². The molecule has 0 radical (unpaired) electrons. The van der Waals surface area contributed by atoms with Crippen LogP contribution in [0.3, 0.4) is 0 Å². The molecule has 6 heteroatoms. The average Bonchev–Trinajstić information content (AvgIpc) is 2.69. The average molecular weight is 199 g/mol. The van der Waals surface area contributed by atoms with Gasteiger partial charge in [-0.3, -0.25) is 10.1 Å². The number of hydrogen-bond acceptors (Lipinski definition) is 5. The van der Waals surface area contributed by atoms with Gasteiger partial charge < -0.3 is 15.6 Å². The van der Waals surface area contributed by atoms with Gasteiger partial charge in [0, 0.05) is 25.8 Å². The monoisotopic (exact) mass is 199 g/mol. The maximum absolute atomic E-state index is 11.6. The zero-order valence-corrected chi connectivity index (χ0v) is 8.36. The third-order valence-corrected chi connectivity index (χ3v) is 2.07. The Hall–Kier alpha value is -1.27. The number of carbonyl (C=O) groups is 1. The molecule has 0 aromatic carbocycles. The molecule has 1 fully saturated rings. The minimum Gasteiger partial charge on any atom is -0.393 e. The summed E-state index contributed by atoms with van der Waals surface area (Å²) in [6.07, 6.45) is 1.46. The van der Waals surface area contributed by atoms with Gasteiger partial charge >= 0.3 is 0 Å². The smallest absolute Gasteiger partial charge is 0.272 e. The van der Waals surface area contributed by atoms with Crippen LogP contribution in [-0.2, 0) is 4.79 Å². The van der Waals surface area contributed by atoms with Crippen molar-refractivity contribution in [2.24, 2.45) is 11.6 Å². The van der Waals surface area contributed by atoms with Crippen molar-refractivity contribution in [3.8, 4) is 0 Å². The summed E-state index contributed by atoms with van der Waals surface area (Å²) >= 11 is 0. The number of nitrogens with one attached hydrogen (secondary N) is 1. The van der Waals surface area contributed by atoms with Crippen LogP contribution in [0.2, 0.25) is 0 Å². The van der Waals surface area contributed by atoms with Crippen molar-refractivity contribution < 1.29 is 4.79 Å². The van der Waals surface area contributed by atoms with Crippen molar-refractivity contribution in [2.45, 2.75) is 6.92 Å². The van der Waals surface area contributed by atoms with Crippen LogP contribution < -0.4 is 16.9 Å². The Morgan fingerprint density at radius 3 is 2.93 bits per heavy atom. The highest BCUT2D eigenvalue weighted by atomic mass is 16.2. The number of hydrazine groups is 1. The number of nitrogens with two attached hydrogens (primary N) is 2. The molecule has 0 unspecified atom stereocenters. The van der Waals surface area contributed by atoms with Crippen LogP contribution in [0.4, 0.5) is 0 Å². The van der Waals surface area contributed by atoms with Gasteiger partial charge in [0.05, 0.1) is 6.67 Å². The highest BCUT2D eigenvalue weighted by molar-refractivity contribution is 5.92. The van der Waals surface area contributed by atoms with Gasteiger partial charge in [-0.2, -0.15) is 0 Å². The molecular weight excluding hydrogens is 182 g/mol. The highest BCUT2D eigenvalue weighted by Crippen LogP contribution is 1.99. The molecule has 1 amide bonds. The van der Waals surface area contributed by atoms with Crippen LogP contribution in [0.1, 0.15) is 6.92 Å². The van der Waals surface area contributed by atoms with Crippen molar-refractivity contribution in [3.63, 3.8) is 0 Å². The van der Waals surface area contributed by atoms with E-state index in [0.717, 1.165) is 6.54 Å². The Morgan fingerprint density at radius 2 is 2.43 bits per heavy atom. The van der Waals surface area contributed by atoms with Gasteiger partial charge in [0.25, 0.3) is 5.91 Å². The number of carbonyl (C=O) groups excluding carboxylic acids is 1. The molecule has 0 aromatic heterocycles. The molecule has 6 nitrogen and oxygen atoms in total. The summed E-state index contributed by atoms with van der Waals surface area (Å²) < 4.78 is 0. The Labute approximate surface area is 83.5 Å². The van der Waals surface area contributed by atoms with Gasteiger partial charge in [-0.15, -0.1) is 0 Å². The molecule has 0 bridgehead atoms. The zero-order valence-electron chi connectivity index (χ0n) is 8.36. The quantitative estimate of drug-likeness (QED) is 0.288. The van der Waals surface area contributed by atoms with Crippen molar-refractivity contribution >= 4 is 5.91 Å².